The zero-order chi connectivity index (χ0) is 15.8. The minimum absolute atomic E-state index is 0.0198. The molecule has 1 heterocycles. The van der Waals surface area contributed by atoms with Gasteiger partial charge in [0.1, 0.15) is 6.10 Å². The number of hydrogen-bond acceptors (Lipinski definition) is 4. The number of nitrogens with one attached hydrogen (secondary N) is 1. The number of nitrogens with zero attached hydrogens (tertiary/aromatic N) is 1. The molecule has 0 aromatic heterocycles. The zero-order valence-corrected chi connectivity index (χ0v) is 14.3. The molecule has 0 spiro atoms. The second-order valence-electron chi connectivity index (χ2n) is 5.77. The summed E-state index contributed by atoms with van der Waals surface area (Å²) < 4.78 is 5.65. The zero-order valence-electron chi connectivity index (χ0n) is 13.5. The first-order valence-electron chi connectivity index (χ1n) is 7.86. The van der Waals surface area contributed by atoms with Crippen molar-refractivity contribution in [2.75, 3.05) is 31.7 Å². The molecule has 1 aliphatic heterocycles. The highest BCUT2D eigenvalue weighted by molar-refractivity contribution is 7.98. The summed E-state index contributed by atoms with van der Waals surface area (Å²) in [4.78, 5) is 14.6. The molecule has 0 unspecified atom stereocenters. The first kappa shape index (κ1) is 17.3. The Morgan fingerprint density at radius 1 is 1.45 bits per heavy atom. The standard InChI is InChI=1S/C17H26N2O2S/c1-14(8-11-22-2)18-17(20)16-13-19(9-10-21-16)12-15-6-4-3-5-7-15/h3-7,14,16H,8-13H2,1-2H3,(H,18,20)/t14-,16-/m1/s1. The van der Waals surface area contributed by atoms with Crippen LogP contribution >= 0.6 is 11.8 Å². The van der Waals surface area contributed by atoms with Crippen LogP contribution in [0.5, 0.6) is 0 Å². The van der Waals surface area contributed by atoms with Crippen LogP contribution < -0.4 is 5.32 Å². The summed E-state index contributed by atoms with van der Waals surface area (Å²) >= 11 is 1.80. The van der Waals surface area contributed by atoms with Crippen LogP contribution in [0.3, 0.4) is 0 Å². The highest BCUT2D eigenvalue weighted by Gasteiger charge is 2.27. The maximum absolute atomic E-state index is 12.3. The van der Waals surface area contributed by atoms with Gasteiger partial charge >= 0.3 is 0 Å². The Morgan fingerprint density at radius 2 is 2.23 bits per heavy atom. The van der Waals surface area contributed by atoms with Crippen LogP contribution in [-0.4, -0.2) is 54.7 Å². The molecule has 1 aliphatic rings. The first-order valence-corrected chi connectivity index (χ1v) is 9.25. The summed E-state index contributed by atoms with van der Waals surface area (Å²) in [6.07, 6.45) is 2.72. The molecule has 1 N–H and O–H groups in total. The van der Waals surface area contributed by atoms with Gasteiger partial charge in [0.15, 0.2) is 0 Å². The third kappa shape index (κ3) is 5.63. The van der Waals surface area contributed by atoms with E-state index in [1.165, 1.54) is 5.56 Å². The fraction of sp³-hybridized carbons (Fsp3) is 0.588. The smallest absolute Gasteiger partial charge is 0.250 e. The Balaban J connectivity index is 1.81. The maximum atomic E-state index is 12.3. The molecule has 0 saturated carbocycles. The van der Waals surface area contributed by atoms with Crippen LogP contribution in [0.2, 0.25) is 0 Å². The number of thioether (sulfide) groups is 1. The highest BCUT2D eigenvalue weighted by atomic mass is 32.2. The van der Waals surface area contributed by atoms with Gasteiger partial charge in [-0.3, -0.25) is 9.69 Å². The van der Waals surface area contributed by atoms with E-state index in [2.05, 4.69) is 35.5 Å². The number of benzene rings is 1. The van der Waals surface area contributed by atoms with Crippen LogP contribution in [0.1, 0.15) is 18.9 Å². The van der Waals surface area contributed by atoms with Crippen molar-refractivity contribution in [3.05, 3.63) is 35.9 Å². The first-order chi connectivity index (χ1) is 10.7. The summed E-state index contributed by atoms with van der Waals surface area (Å²) in [5.41, 5.74) is 1.27. The number of carbonyl (C=O) groups excluding carboxylic acids is 1. The van der Waals surface area contributed by atoms with E-state index in [4.69, 9.17) is 4.74 Å². The molecular formula is C17H26N2O2S. The minimum Gasteiger partial charge on any atom is -0.366 e. The van der Waals surface area contributed by atoms with Gasteiger partial charge in [-0.1, -0.05) is 30.3 Å². The Bertz CT molecular complexity index is 455. The number of rotatable bonds is 7. The Kier molecular flexibility index (Phi) is 7.22. The normalized spacial score (nSPS) is 20.5. The van der Waals surface area contributed by atoms with Gasteiger partial charge < -0.3 is 10.1 Å². The SMILES string of the molecule is CSCC[C@@H](C)NC(=O)[C@H]1CN(Cc2ccccc2)CCO1. The average Bonchev–Trinajstić information content (AvgIpc) is 2.54. The third-order valence-electron chi connectivity index (χ3n) is 3.84. The predicted molar refractivity (Wildman–Crippen MR) is 92.1 cm³/mol. The molecule has 5 heteroatoms. The summed E-state index contributed by atoms with van der Waals surface area (Å²) in [6, 6.07) is 10.6. The van der Waals surface area contributed by atoms with Crippen molar-refractivity contribution in [2.24, 2.45) is 0 Å². The number of carbonyl (C=O) groups is 1. The van der Waals surface area contributed by atoms with E-state index in [-0.39, 0.29) is 18.1 Å². The molecule has 1 aromatic rings. The van der Waals surface area contributed by atoms with Crippen molar-refractivity contribution in [3.63, 3.8) is 0 Å². The number of hydrogen-bond donors (Lipinski definition) is 1. The molecule has 122 valence electrons. The topological polar surface area (TPSA) is 41.6 Å². The number of morpholine rings is 1. The molecule has 0 bridgehead atoms. The van der Waals surface area contributed by atoms with Crippen LogP contribution in [0.15, 0.2) is 30.3 Å². The van der Waals surface area contributed by atoms with Crippen molar-refractivity contribution in [3.8, 4) is 0 Å². The van der Waals surface area contributed by atoms with Crippen molar-refractivity contribution in [1.82, 2.24) is 10.2 Å². The quantitative estimate of drug-likeness (QED) is 0.835. The van der Waals surface area contributed by atoms with E-state index < -0.39 is 0 Å². The molecular weight excluding hydrogens is 296 g/mol. The molecule has 1 aromatic carbocycles. The Labute approximate surface area is 137 Å². The van der Waals surface area contributed by atoms with Gasteiger partial charge in [-0.2, -0.15) is 11.8 Å². The summed E-state index contributed by atoms with van der Waals surface area (Å²) in [6.45, 7) is 5.08. The van der Waals surface area contributed by atoms with E-state index >= 15 is 0 Å². The third-order valence-corrected chi connectivity index (χ3v) is 4.48. The molecule has 1 fully saturated rings. The van der Waals surface area contributed by atoms with Crippen LogP contribution in [-0.2, 0) is 16.1 Å². The molecule has 1 amide bonds. The van der Waals surface area contributed by atoms with Crippen molar-refractivity contribution in [2.45, 2.75) is 32.0 Å². The van der Waals surface area contributed by atoms with E-state index in [0.717, 1.165) is 25.3 Å². The molecule has 0 radical (unpaired) electrons. The van der Waals surface area contributed by atoms with Gasteiger partial charge in [0.05, 0.1) is 6.61 Å². The monoisotopic (exact) mass is 322 g/mol. The molecule has 1 saturated heterocycles. The Hall–Kier alpha value is -1.04. The summed E-state index contributed by atoms with van der Waals surface area (Å²) in [5.74, 6) is 1.08. The largest absolute Gasteiger partial charge is 0.366 e. The fourth-order valence-electron chi connectivity index (χ4n) is 2.55. The maximum Gasteiger partial charge on any atom is 0.250 e. The summed E-state index contributed by atoms with van der Waals surface area (Å²) in [7, 11) is 0. The second kappa shape index (κ2) is 9.18. The molecule has 0 aliphatic carbocycles. The predicted octanol–water partition coefficient (Wildman–Crippen LogP) is 2.15. The van der Waals surface area contributed by atoms with E-state index in [9.17, 15) is 4.79 Å². The van der Waals surface area contributed by atoms with Crippen LogP contribution in [0.4, 0.5) is 0 Å². The molecule has 4 nitrogen and oxygen atoms in total. The van der Waals surface area contributed by atoms with E-state index in [1.54, 1.807) is 11.8 Å². The van der Waals surface area contributed by atoms with E-state index in [1.807, 2.05) is 18.2 Å². The second-order valence-corrected chi connectivity index (χ2v) is 6.76. The number of ether oxygens (including phenoxy) is 1. The van der Waals surface area contributed by atoms with Gasteiger partial charge in [0, 0.05) is 25.7 Å². The Morgan fingerprint density at radius 3 is 2.95 bits per heavy atom. The van der Waals surface area contributed by atoms with Crippen molar-refractivity contribution >= 4 is 17.7 Å². The number of amides is 1. The van der Waals surface area contributed by atoms with Gasteiger partial charge in [-0.25, -0.2) is 0 Å². The summed E-state index contributed by atoms with van der Waals surface area (Å²) in [5, 5.41) is 3.06. The van der Waals surface area contributed by atoms with Gasteiger partial charge in [0.25, 0.3) is 5.91 Å². The van der Waals surface area contributed by atoms with Gasteiger partial charge in [-0.05, 0) is 30.9 Å². The van der Waals surface area contributed by atoms with Crippen LogP contribution in [0, 0.1) is 0 Å². The van der Waals surface area contributed by atoms with Crippen LogP contribution in [0.25, 0.3) is 0 Å². The lowest BCUT2D eigenvalue weighted by Gasteiger charge is -2.32. The fourth-order valence-corrected chi connectivity index (χ4v) is 3.14. The van der Waals surface area contributed by atoms with E-state index in [0.29, 0.717) is 13.2 Å². The van der Waals surface area contributed by atoms with Gasteiger partial charge in [0.2, 0.25) is 0 Å². The lowest BCUT2D eigenvalue weighted by molar-refractivity contribution is -0.139. The van der Waals surface area contributed by atoms with Gasteiger partial charge in [-0.15, -0.1) is 0 Å². The molecule has 2 atom stereocenters. The average molecular weight is 322 g/mol. The highest BCUT2D eigenvalue weighted by Crippen LogP contribution is 2.11. The lowest BCUT2D eigenvalue weighted by Crippen LogP contribution is -2.51. The minimum atomic E-state index is -0.353. The lowest BCUT2D eigenvalue weighted by atomic mass is 10.1. The molecule has 22 heavy (non-hydrogen) atoms. The molecule has 2 rings (SSSR count). The van der Waals surface area contributed by atoms with Crippen molar-refractivity contribution in [1.29, 1.82) is 0 Å². The van der Waals surface area contributed by atoms with Crippen molar-refractivity contribution < 1.29 is 9.53 Å².